The second-order valence-electron chi connectivity index (χ2n) is 4.55. The molecule has 0 unspecified atom stereocenters. The highest BCUT2D eigenvalue weighted by molar-refractivity contribution is 14.1. The maximum Gasteiger partial charge on any atom is 0.235 e. The molecular formula is C16H11IO4. The first-order valence-electron chi connectivity index (χ1n) is 6.24. The van der Waals surface area contributed by atoms with Crippen LogP contribution in [0.3, 0.4) is 0 Å². The molecular weight excluding hydrogens is 383 g/mol. The standard InChI is InChI=1S/C16H11IO4/c1-9-16(21-12-5-2-10(17)3-6-12)15(19)13-7-4-11(18)8-14(13)20-9/h2-8,18H,1H3. The fourth-order valence-corrected chi connectivity index (χ4v) is 2.37. The normalized spacial score (nSPS) is 10.8. The van der Waals surface area contributed by atoms with Crippen LogP contribution in [0.5, 0.6) is 17.2 Å². The van der Waals surface area contributed by atoms with Crippen LogP contribution in [0.4, 0.5) is 0 Å². The van der Waals surface area contributed by atoms with Crippen LogP contribution in [-0.2, 0) is 0 Å². The van der Waals surface area contributed by atoms with Crippen molar-refractivity contribution in [2.24, 2.45) is 0 Å². The Kier molecular flexibility index (Phi) is 3.59. The highest BCUT2D eigenvalue weighted by Gasteiger charge is 2.14. The number of rotatable bonds is 2. The molecule has 1 N–H and O–H groups in total. The van der Waals surface area contributed by atoms with Gasteiger partial charge in [-0.1, -0.05) is 0 Å². The van der Waals surface area contributed by atoms with E-state index in [2.05, 4.69) is 22.6 Å². The summed E-state index contributed by atoms with van der Waals surface area (Å²) in [5.41, 5.74) is 0.0831. The molecule has 2 aromatic carbocycles. The number of fused-ring (bicyclic) bond motifs is 1. The molecule has 1 heterocycles. The van der Waals surface area contributed by atoms with E-state index in [9.17, 15) is 9.90 Å². The summed E-state index contributed by atoms with van der Waals surface area (Å²) in [4.78, 5) is 12.5. The average molecular weight is 394 g/mol. The van der Waals surface area contributed by atoms with Gasteiger partial charge in [-0.15, -0.1) is 0 Å². The highest BCUT2D eigenvalue weighted by Crippen LogP contribution is 2.27. The van der Waals surface area contributed by atoms with Crippen molar-refractivity contribution in [3.8, 4) is 17.2 Å². The topological polar surface area (TPSA) is 59.7 Å². The van der Waals surface area contributed by atoms with Crippen molar-refractivity contribution in [1.82, 2.24) is 0 Å². The van der Waals surface area contributed by atoms with Crippen LogP contribution >= 0.6 is 22.6 Å². The number of phenols is 1. The smallest absolute Gasteiger partial charge is 0.235 e. The molecule has 0 fully saturated rings. The van der Waals surface area contributed by atoms with E-state index >= 15 is 0 Å². The lowest BCUT2D eigenvalue weighted by atomic mass is 10.2. The Bertz CT molecular complexity index is 866. The highest BCUT2D eigenvalue weighted by atomic mass is 127. The van der Waals surface area contributed by atoms with Crippen LogP contribution in [0.25, 0.3) is 11.0 Å². The molecule has 4 nitrogen and oxygen atoms in total. The van der Waals surface area contributed by atoms with Crippen LogP contribution in [0, 0.1) is 10.5 Å². The third-order valence-electron chi connectivity index (χ3n) is 3.03. The molecule has 0 aliphatic heterocycles. The minimum atomic E-state index is -0.257. The number of aromatic hydroxyl groups is 1. The largest absolute Gasteiger partial charge is 0.508 e. The van der Waals surface area contributed by atoms with Gasteiger partial charge in [0.05, 0.1) is 5.39 Å². The number of aryl methyl sites for hydroxylation is 1. The zero-order valence-corrected chi connectivity index (χ0v) is 13.2. The predicted molar refractivity (Wildman–Crippen MR) is 88.1 cm³/mol. The molecule has 106 valence electrons. The lowest BCUT2D eigenvalue weighted by Crippen LogP contribution is -2.07. The van der Waals surface area contributed by atoms with Gasteiger partial charge in [0.1, 0.15) is 22.8 Å². The van der Waals surface area contributed by atoms with E-state index in [1.807, 2.05) is 12.1 Å². The molecule has 5 heteroatoms. The van der Waals surface area contributed by atoms with Crippen LogP contribution in [-0.4, -0.2) is 5.11 Å². The van der Waals surface area contributed by atoms with Gasteiger partial charge in [-0.3, -0.25) is 4.79 Å². The summed E-state index contributed by atoms with van der Waals surface area (Å²) in [6.45, 7) is 1.66. The third-order valence-corrected chi connectivity index (χ3v) is 3.75. The lowest BCUT2D eigenvalue weighted by Gasteiger charge is -2.09. The van der Waals surface area contributed by atoms with E-state index < -0.39 is 0 Å². The van der Waals surface area contributed by atoms with Crippen molar-refractivity contribution in [2.75, 3.05) is 0 Å². The Labute approximate surface area is 134 Å². The van der Waals surface area contributed by atoms with Crippen LogP contribution in [0.1, 0.15) is 5.76 Å². The van der Waals surface area contributed by atoms with E-state index in [0.717, 1.165) is 3.57 Å². The quantitative estimate of drug-likeness (QED) is 0.662. The maximum atomic E-state index is 12.5. The Morgan fingerprint density at radius 3 is 2.57 bits per heavy atom. The van der Waals surface area contributed by atoms with Crippen LogP contribution in [0.2, 0.25) is 0 Å². The molecule has 0 aliphatic carbocycles. The summed E-state index contributed by atoms with van der Waals surface area (Å²) in [6.07, 6.45) is 0. The molecule has 1 aromatic heterocycles. The van der Waals surface area contributed by atoms with Crippen LogP contribution < -0.4 is 10.2 Å². The fourth-order valence-electron chi connectivity index (χ4n) is 2.02. The van der Waals surface area contributed by atoms with E-state index in [4.69, 9.17) is 9.15 Å². The first kappa shape index (κ1) is 13.9. The number of benzene rings is 2. The van der Waals surface area contributed by atoms with Crippen molar-refractivity contribution < 1.29 is 14.3 Å². The van der Waals surface area contributed by atoms with Gasteiger partial charge in [0, 0.05) is 9.64 Å². The number of halogens is 1. The summed E-state index contributed by atoms with van der Waals surface area (Å²) in [5, 5.41) is 9.82. The Morgan fingerprint density at radius 2 is 1.86 bits per heavy atom. The number of hydrogen-bond donors (Lipinski definition) is 1. The molecule has 21 heavy (non-hydrogen) atoms. The number of hydrogen-bond acceptors (Lipinski definition) is 4. The molecule has 0 saturated carbocycles. The summed E-state index contributed by atoms with van der Waals surface area (Å²) in [6, 6.07) is 11.8. The van der Waals surface area contributed by atoms with E-state index in [-0.39, 0.29) is 16.9 Å². The van der Waals surface area contributed by atoms with Crippen molar-refractivity contribution >= 4 is 33.6 Å². The SMILES string of the molecule is Cc1oc2cc(O)ccc2c(=O)c1Oc1ccc(I)cc1. The summed E-state index contributed by atoms with van der Waals surface area (Å²) < 4.78 is 12.3. The Hall–Kier alpha value is -2.02. The van der Waals surface area contributed by atoms with E-state index in [0.29, 0.717) is 22.5 Å². The second kappa shape index (κ2) is 5.40. The van der Waals surface area contributed by atoms with Crippen molar-refractivity contribution in [3.05, 3.63) is 62.0 Å². The predicted octanol–water partition coefficient (Wildman–Crippen LogP) is 4.20. The first-order chi connectivity index (χ1) is 10.0. The zero-order chi connectivity index (χ0) is 15.0. The van der Waals surface area contributed by atoms with Crippen LogP contribution in [0.15, 0.2) is 51.7 Å². The van der Waals surface area contributed by atoms with E-state index in [1.165, 1.54) is 18.2 Å². The van der Waals surface area contributed by atoms with Gasteiger partial charge in [-0.05, 0) is 65.9 Å². The van der Waals surface area contributed by atoms with E-state index in [1.54, 1.807) is 19.1 Å². The van der Waals surface area contributed by atoms with Crippen molar-refractivity contribution in [3.63, 3.8) is 0 Å². The lowest BCUT2D eigenvalue weighted by molar-refractivity contribution is 0.435. The van der Waals surface area contributed by atoms with Gasteiger partial charge < -0.3 is 14.3 Å². The minimum absolute atomic E-state index is 0.0522. The van der Waals surface area contributed by atoms with Gasteiger partial charge in [0.25, 0.3) is 0 Å². The first-order valence-corrected chi connectivity index (χ1v) is 7.32. The fraction of sp³-hybridized carbons (Fsp3) is 0.0625. The second-order valence-corrected chi connectivity index (χ2v) is 5.80. The molecule has 0 spiro atoms. The molecule has 3 aromatic rings. The molecule has 0 amide bonds. The molecule has 0 atom stereocenters. The van der Waals surface area contributed by atoms with Gasteiger partial charge >= 0.3 is 0 Å². The zero-order valence-electron chi connectivity index (χ0n) is 11.1. The summed E-state index contributed by atoms with van der Waals surface area (Å²) in [5.74, 6) is 1.16. The number of phenolic OH excluding ortho intramolecular Hbond substituents is 1. The van der Waals surface area contributed by atoms with Gasteiger partial charge in [0.2, 0.25) is 11.2 Å². The monoisotopic (exact) mass is 394 g/mol. The molecule has 0 radical (unpaired) electrons. The van der Waals surface area contributed by atoms with Gasteiger partial charge in [-0.2, -0.15) is 0 Å². The van der Waals surface area contributed by atoms with Crippen molar-refractivity contribution in [2.45, 2.75) is 6.92 Å². The summed E-state index contributed by atoms with van der Waals surface area (Å²) >= 11 is 2.20. The van der Waals surface area contributed by atoms with Crippen molar-refractivity contribution in [1.29, 1.82) is 0 Å². The Morgan fingerprint density at radius 1 is 1.14 bits per heavy atom. The van der Waals surface area contributed by atoms with Gasteiger partial charge in [-0.25, -0.2) is 0 Å². The average Bonchev–Trinajstić information content (AvgIpc) is 2.45. The maximum absolute atomic E-state index is 12.5. The molecule has 3 rings (SSSR count). The third kappa shape index (κ3) is 2.73. The number of ether oxygens (including phenoxy) is 1. The Balaban J connectivity index is 2.12. The molecule has 0 aliphatic rings. The summed E-state index contributed by atoms with van der Waals surface area (Å²) in [7, 11) is 0. The molecule has 0 saturated heterocycles. The minimum Gasteiger partial charge on any atom is -0.508 e. The van der Waals surface area contributed by atoms with Gasteiger partial charge in [0.15, 0.2) is 0 Å². The molecule has 0 bridgehead atoms.